The Hall–Kier alpha value is -1.88. The third-order valence-corrected chi connectivity index (χ3v) is 2.45. The standard InChI is InChI=1S/C11H11N3O2/c12-10-11(16-7-5-15-6-7)14-9-4-2-1-3-8(9)13-10/h1-4,7H,5-6H2,(H2,12,13). The predicted molar refractivity (Wildman–Crippen MR) is 59.2 cm³/mol. The van der Waals surface area contributed by atoms with Crippen LogP contribution in [-0.2, 0) is 4.74 Å². The van der Waals surface area contributed by atoms with Gasteiger partial charge in [0.05, 0.1) is 24.2 Å². The van der Waals surface area contributed by atoms with E-state index in [0.29, 0.717) is 24.9 Å². The number of hydrogen-bond donors (Lipinski definition) is 1. The summed E-state index contributed by atoms with van der Waals surface area (Å²) >= 11 is 0. The lowest BCUT2D eigenvalue weighted by Gasteiger charge is -2.26. The molecule has 1 aromatic carbocycles. The van der Waals surface area contributed by atoms with Crippen molar-refractivity contribution in [3.8, 4) is 5.88 Å². The average Bonchev–Trinajstić information content (AvgIpc) is 2.23. The molecule has 0 aliphatic carbocycles. The highest BCUT2D eigenvalue weighted by Crippen LogP contribution is 2.22. The summed E-state index contributed by atoms with van der Waals surface area (Å²) in [7, 11) is 0. The number of nitrogens with two attached hydrogens (primary N) is 1. The molecule has 2 heterocycles. The van der Waals surface area contributed by atoms with E-state index in [1.54, 1.807) is 0 Å². The van der Waals surface area contributed by atoms with Gasteiger partial charge in [0.2, 0.25) is 0 Å². The van der Waals surface area contributed by atoms with Gasteiger partial charge in [-0.1, -0.05) is 12.1 Å². The fraction of sp³-hybridized carbons (Fsp3) is 0.273. The summed E-state index contributed by atoms with van der Waals surface area (Å²) in [4.78, 5) is 8.57. The topological polar surface area (TPSA) is 70.3 Å². The number of nitrogen functional groups attached to an aromatic ring is 1. The first-order valence-corrected chi connectivity index (χ1v) is 5.09. The molecule has 0 atom stereocenters. The van der Waals surface area contributed by atoms with Crippen molar-refractivity contribution in [2.24, 2.45) is 0 Å². The number of hydrogen-bond acceptors (Lipinski definition) is 5. The zero-order valence-corrected chi connectivity index (χ0v) is 8.59. The van der Waals surface area contributed by atoms with Crippen LogP contribution in [0.25, 0.3) is 11.0 Å². The maximum Gasteiger partial charge on any atom is 0.258 e. The van der Waals surface area contributed by atoms with Crippen molar-refractivity contribution in [2.75, 3.05) is 18.9 Å². The largest absolute Gasteiger partial charge is 0.467 e. The van der Waals surface area contributed by atoms with E-state index >= 15 is 0 Å². The Morgan fingerprint density at radius 2 is 1.88 bits per heavy atom. The summed E-state index contributed by atoms with van der Waals surface area (Å²) in [5, 5.41) is 0. The number of aromatic nitrogens is 2. The number of anilines is 1. The molecule has 2 aromatic rings. The summed E-state index contributed by atoms with van der Waals surface area (Å²) in [6.45, 7) is 1.18. The van der Waals surface area contributed by atoms with Crippen LogP contribution in [0.15, 0.2) is 24.3 Å². The molecular formula is C11H11N3O2. The first kappa shape index (κ1) is 9.35. The lowest BCUT2D eigenvalue weighted by molar-refractivity contribution is -0.0810. The molecule has 0 unspecified atom stereocenters. The van der Waals surface area contributed by atoms with Crippen LogP contribution in [0.1, 0.15) is 0 Å². The molecule has 1 aromatic heterocycles. The van der Waals surface area contributed by atoms with Gasteiger partial charge in [-0.2, -0.15) is 0 Å². The average molecular weight is 217 g/mol. The number of benzene rings is 1. The zero-order chi connectivity index (χ0) is 11.0. The van der Waals surface area contributed by atoms with Crippen LogP contribution in [0.5, 0.6) is 5.88 Å². The first-order valence-electron chi connectivity index (χ1n) is 5.09. The second kappa shape index (κ2) is 3.61. The molecule has 1 aliphatic heterocycles. The minimum Gasteiger partial charge on any atom is -0.467 e. The molecule has 2 N–H and O–H groups in total. The van der Waals surface area contributed by atoms with Crippen molar-refractivity contribution < 1.29 is 9.47 Å². The predicted octanol–water partition coefficient (Wildman–Crippen LogP) is 0.990. The summed E-state index contributed by atoms with van der Waals surface area (Å²) < 4.78 is 10.6. The van der Waals surface area contributed by atoms with Gasteiger partial charge >= 0.3 is 0 Å². The van der Waals surface area contributed by atoms with Crippen molar-refractivity contribution in [3.05, 3.63) is 24.3 Å². The van der Waals surface area contributed by atoms with Gasteiger partial charge in [0.15, 0.2) is 5.82 Å². The van der Waals surface area contributed by atoms with Gasteiger partial charge in [-0.05, 0) is 12.1 Å². The second-order valence-corrected chi connectivity index (χ2v) is 3.68. The van der Waals surface area contributed by atoms with Crippen LogP contribution in [0.2, 0.25) is 0 Å². The normalized spacial score (nSPS) is 16.0. The lowest BCUT2D eigenvalue weighted by Crippen LogP contribution is -2.39. The smallest absolute Gasteiger partial charge is 0.258 e. The minimum atomic E-state index is 0.0535. The molecule has 5 heteroatoms. The molecule has 5 nitrogen and oxygen atoms in total. The molecule has 3 rings (SSSR count). The Kier molecular flexibility index (Phi) is 2.11. The Bertz CT molecular complexity index is 526. The van der Waals surface area contributed by atoms with Gasteiger partial charge in [-0.25, -0.2) is 9.97 Å². The van der Waals surface area contributed by atoms with Crippen LogP contribution >= 0.6 is 0 Å². The van der Waals surface area contributed by atoms with Crippen molar-refractivity contribution in [3.63, 3.8) is 0 Å². The Morgan fingerprint density at radius 3 is 2.50 bits per heavy atom. The molecule has 16 heavy (non-hydrogen) atoms. The Labute approximate surface area is 92.2 Å². The van der Waals surface area contributed by atoms with Gasteiger partial charge in [0.1, 0.15) is 6.10 Å². The van der Waals surface area contributed by atoms with E-state index in [9.17, 15) is 0 Å². The molecule has 0 radical (unpaired) electrons. The summed E-state index contributed by atoms with van der Waals surface area (Å²) in [5.41, 5.74) is 7.33. The van der Waals surface area contributed by atoms with Crippen molar-refractivity contribution in [2.45, 2.75) is 6.10 Å². The third-order valence-electron chi connectivity index (χ3n) is 2.45. The summed E-state index contributed by atoms with van der Waals surface area (Å²) in [6.07, 6.45) is 0.0535. The fourth-order valence-electron chi connectivity index (χ4n) is 1.52. The molecule has 1 saturated heterocycles. The maximum atomic E-state index is 5.77. The van der Waals surface area contributed by atoms with Crippen LogP contribution in [0, 0.1) is 0 Å². The fourth-order valence-corrected chi connectivity index (χ4v) is 1.52. The monoisotopic (exact) mass is 217 g/mol. The molecule has 0 bridgehead atoms. The third kappa shape index (κ3) is 1.55. The molecule has 0 amide bonds. The van der Waals surface area contributed by atoms with Crippen molar-refractivity contribution in [1.82, 2.24) is 9.97 Å². The van der Waals surface area contributed by atoms with E-state index in [2.05, 4.69) is 9.97 Å². The van der Waals surface area contributed by atoms with Crippen molar-refractivity contribution >= 4 is 16.9 Å². The zero-order valence-electron chi connectivity index (χ0n) is 8.59. The molecule has 1 aliphatic rings. The van der Waals surface area contributed by atoms with Crippen LogP contribution in [0.4, 0.5) is 5.82 Å². The quantitative estimate of drug-likeness (QED) is 0.812. The lowest BCUT2D eigenvalue weighted by atomic mass is 10.3. The highest BCUT2D eigenvalue weighted by molar-refractivity contribution is 5.76. The van der Waals surface area contributed by atoms with Gasteiger partial charge in [-0.3, -0.25) is 0 Å². The van der Waals surface area contributed by atoms with Gasteiger partial charge < -0.3 is 15.2 Å². The van der Waals surface area contributed by atoms with Gasteiger partial charge in [0, 0.05) is 0 Å². The van der Waals surface area contributed by atoms with E-state index in [-0.39, 0.29) is 6.10 Å². The number of fused-ring (bicyclic) bond motifs is 1. The number of ether oxygens (including phenoxy) is 2. The summed E-state index contributed by atoms with van der Waals surface area (Å²) in [6, 6.07) is 7.56. The molecule has 1 fully saturated rings. The number of rotatable bonds is 2. The van der Waals surface area contributed by atoms with Crippen LogP contribution < -0.4 is 10.5 Å². The van der Waals surface area contributed by atoms with E-state index in [4.69, 9.17) is 15.2 Å². The molecule has 0 saturated carbocycles. The molecule has 82 valence electrons. The minimum absolute atomic E-state index is 0.0535. The van der Waals surface area contributed by atoms with E-state index in [1.165, 1.54) is 0 Å². The molecule has 0 spiro atoms. The van der Waals surface area contributed by atoms with E-state index < -0.39 is 0 Å². The Balaban J connectivity index is 1.99. The maximum absolute atomic E-state index is 5.77. The summed E-state index contributed by atoms with van der Waals surface area (Å²) in [5.74, 6) is 0.720. The van der Waals surface area contributed by atoms with Gasteiger partial charge in [0.25, 0.3) is 5.88 Å². The highest BCUT2D eigenvalue weighted by atomic mass is 16.6. The Morgan fingerprint density at radius 1 is 1.19 bits per heavy atom. The SMILES string of the molecule is Nc1nc2ccccc2nc1OC1COC1. The van der Waals surface area contributed by atoms with E-state index in [0.717, 1.165) is 11.0 Å². The highest BCUT2D eigenvalue weighted by Gasteiger charge is 2.22. The van der Waals surface area contributed by atoms with Crippen LogP contribution in [0.3, 0.4) is 0 Å². The number of para-hydroxylation sites is 2. The van der Waals surface area contributed by atoms with Crippen molar-refractivity contribution in [1.29, 1.82) is 0 Å². The first-order chi connectivity index (χ1) is 7.83. The van der Waals surface area contributed by atoms with E-state index in [1.807, 2.05) is 24.3 Å². The molecular weight excluding hydrogens is 206 g/mol. The second-order valence-electron chi connectivity index (χ2n) is 3.68. The number of nitrogens with zero attached hydrogens (tertiary/aromatic N) is 2. The van der Waals surface area contributed by atoms with Gasteiger partial charge in [-0.15, -0.1) is 0 Å². The van der Waals surface area contributed by atoms with Crippen LogP contribution in [-0.4, -0.2) is 29.3 Å².